The Morgan fingerprint density at radius 2 is 1.71 bits per heavy atom. The molecule has 1 unspecified atom stereocenters. The quantitative estimate of drug-likeness (QED) is 0.662. The number of hydrogen-bond acceptors (Lipinski definition) is 1. The van der Waals surface area contributed by atoms with Crippen molar-refractivity contribution in [2.45, 2.75) is 39.5 Å². The molecule has 1 heteroatoms. The van der Waals surface area contributed by atoms with Crippen LogP contribution in [0.2, 0.25) is 0 Å². The van der Waals surface area contributed by atoms with Crippen molar-refractivity contribution < 1.29 is 4.79 Å². The van der Waals surface area contributed by atoms with E-state index in [-0.39, 0.29) is 5.92 Å². The molecule has 1 fully saturated rings. The van der Waals surface area contributed by atoms with Crippen molar-refractivity contribution in [2.75, 3.05) is 0 Å². The summed E-state index contributed by atoms with van der Waals surface area (Å²) in [6.45, 7) is 6.33. The highest BCUT2D eigenvalue weighted by Gasteiger charge is 2.31. The molecule has 0 saturated heterocycles. The predicted octanol–water partition coefficient (Wildman–Crippen LogP) is 3.06. The maximum absolute atomic E-state index is 11.4. The zero-order valence-corrected chi connectivity index (χ0v) is 9.05. The lowest BCUT2D eigenvalue weighted by atomic mass is 9.75. The summed E-state index contributed by atoms with van der Waals surface area (Å²) in [6.07, 6.45) is 1.82. The summed E-state index contributed by atoms with van der Waals surface area (Å²) in [5, 5.41) is 0. The zero-order chi connectivity index (χ0) is 10.3. The normalized spacial score (nSPS) is 20.8. The molecule has 0 aliphatic heterocycles. The van der Waals surface area contributed by atoms with E-state index in [0.717, 1.165) is 12.8 Å². The van der Waals surface area contributed by atoms with Crippen molar-refractivity contribution in [3.8, 4) is 0 Å². The highest BCUT2D eigenvalue weighted by atomic mass is 16.1. The molecule has 14 heavy (non-hydrogen) atoms. The van der Waals surface area contributed by atoms with Gasteiger partial charge in [0.15, 0.2) is 0 Å². The average molecular weight is 188 g/mol. The molecule has 0 aromatic heterocycles. The number of Topliss-reactive ketones (excluding diaryl/α,β-unsaturated/α-hetero) is 1. The van der Waals surface area contributed by atoms with Gasteiger partial charge >= 0.3 is 0 Å². The lowest BCUT2D eigenvalue weighted by Crippen LogP contribution is -2.24. The Hall–Kier alpha value is -1.11. The van der Waals surface area contributed by atoms with Crippen LogP contribution >= 0.6 is 0 Å². The van der Waals surface area contributed by atoms with E-state index < -0.39 is 0 Å². The molecular formula is C13H16O. The van der Waals surface area contributed by atoms with Gasteiger partial charge in [0.1, 0.15) is 5.78 Å². The van der Waals surface area contributed by atoms with Gasteiger partial charge < -0.3 is 0 Å². The molecule has 74 valence electrons. The smallest absolute Gasteiger partial charge is 0.140 e. The first-order valence-electron chi connectivity index (χ1n) is 5.20. The topological polar surface area (TPSA) is 17.1 Å². The van der Waals surface area contributed by atoms with E-state index in [1.807, 2.05) is 0 Å². The molecule has 0 heterocycles. The first-order valence-corrected chi connectivity index (χ1v) is 5.20. The second kappa shape index (κ2) is 3.23. The molecule has 0 N–H and O–H groups in total. The van der Waals surface area contributed by atoms with Crippen LogP contribution in [0.1, 0.15) is 41.0 Å². The summed E-state index contributed by atoms with van der Waals surface area (Å²) in [5.41, 5.74) is 5.13. The minimum atomic E-state index is 0.204. The first-order chi connectivity index (χ1) is 6.59. The van der Waals surface area contributed by atoms with Gasteiger partial charge in [-0.15, -0.1) is 0 Å². The molecule has 1 saturated carbocycles. The van der Waals surface area contributed by atoms with Crippen LogP contribution in [0.25, 0.3) is 0 Å². The maximum Gasteiger partial charge on any atom is 0.140 e. The minimum absolute atomic E-state index is 0.204. The van der Waals surface area contributed by atoms with E-state index in [0.29, 0.717) is 5.78 Å². The zero-order valence-electron chi connectivity index (χ0n) is 9.05. The molecule has 0 bridgehead atoms. The van der Waals surface area contributed by atoms with E-state index in [9.17, 15) is 4.79 Å². The van der Waals surface area contributed by atoms with Crippen molar-refractivity contribution in [3.63, 3.8) is 0 Å². The molecule has 1 nitrogen and oxygen atoms in total. The van der Waals surface area contributed by atoms with E-state index in [4.69, 9.17) is 0 Å². The number of carbonyl (C=O) groups excluding carboxylic acids is 1. The fourth-order valence-electron chi connectivity index (χ4n) is 2.45. The molecule has 2 rings (SSSR count). The largest absolute Gasteiger partial charge is 0.299 e. The fraction of sp³-hybridized carbons (Fsp3) is 0.462. The van der Waals surface area contributed by atoms with Gasteiger partial charge in [-0.05, 0) is 43.9 Å². The first kappa shape index (κ1) is 9.45. The van der Waals surface area contributed by atoms with Gasteiger partial charge in [0.05, 0.1) is 0 Å². The third-order valence-corrected chi connectivity index (χ3v) is 3.15. The number of aryl methyl sites for hydroxylation is 3. The molecule has 1 aromatic rings. The minimum Gasteiger partial charge on any atom is -0.299 e. The standard InChI is InChI=1S/C13H16O/c1-8-6-9(2)13(10(3)7-8)11-4-5-12(11)14/h6-7,11H,4-5H2,1-3H3. The molecule has 1 atom stereocenters. The Morgan fingerprint density at radius 3 is 2.07 bits per heavy atom. The SMILES string of the molecule is Cc1cc(C)c(C2CCC2=O)c(C)c1. The Kier molecular flexibility index (Phi) is 2.18. The lowest BCUT2D eigenvalue weighted by molar-refractivity contribution is -0.125. The molecular weight excluding hydrogens is 172 g/mol. The van der Waals surface area contributed by atoms with Crippen LogP contribution in [-0.2, 0) is 4.79 Å². The highest BCUT2D eigenvalue weighted by molar-refractivity contribution is 5.91. The van der Waals surface area contributed by atoms with Crippen molar-refractivity contribution >= 4 is 5.78 Å². The van der Waals surface area contributed by atoms with Crippen LogP contribution in [0, 0.1) is 20.8 Å². The van der Waals surface area contributed by atoms with Crippen LogP contribution in [0.3, 0.4) is 0 Å². The van der Waals surface area contributed by atoms with Crippen molar-refractivity contribution in [3.05, 3.63) is 34.4 Å². The van der Waals surface area contributed by atoms with E-state index in [1.165, 1.54) is 22.3 Å². The fourth-order valence-corrected chi connectivity index (χ4v) is 2.45. The second-order valence-corrected chi connectivity index (χ2v) is 4.37. The van der Waals surface area contributed by atoms with Crippen LogP contribution in [0.4, 0.5) is 0 Å². The maximum atomic E-state index is 11.4. The van der Waals surface area contributed by atoms with E-state index in [1.54, 1.807) is 0 Å². The van der Waals surface area contributed by atoms with Gasteiger partial charge in [-0.3, -0.25) is 4.79 Å². The van der Waals surface area contributed by atoms with Gasteiger partial charge in [0.25, 0.3) is 0 Å². The van der Waals surface area contributed by atoms with Crippen LogP contribution in [0.15, 0.2) is 12.1 Å². The molecule has 0 radical (unpaired) electrons. The second-order valence-electron chi connectivity index (χ2n) is 4.37. The average Bonchev–Trinajstić information content (AvgIpc) is 2.08. The number of rotatable bonds is 1. The number of benzene rings is 1. The molecule has 0 spiro atoms. The van der Waals surface area contributed by atoms with Gasteiger partial charge in [-0.1, -0.05) is 17.7 Å². The summed E-state index contributed by atoms with van der Waals surface area (Å²) in [5.74, 6) is 0.621. The summed E-state index contributed by atoms with van der Waals surface area (Å²) in [4.78, 5) is 11.4. The summed E-state index contributed by atoms with van der Waals surface area (Å²) in [7, 11) is 0. The Balaban J connectivity index is 2.47. The monoisotopic (exact) mass is 188 g/mol. The highest BCUT2D eigenvalue weighted by Crippen LogP contribution is 2.36. The van der Waals surface area contributed by atoms with Crippen LogP contribution < -0.4 is 0 Å². The summed E-state index contributed by atoms with van der Waals surface area (Å²) < 4.78 is 0. The molecule has 1 aliphatic carbocycles. The van der Waals surface area contributed by atoms with E-state index in [2.05, 4.69) is 32.9 Å². The Bertz CT molecular complexity index is 367. The van der Waals surface area contributed by atoms with E-state index >= 15 is 0 Å². The third kappa shape index (κ3) is 1.37. The van der Waals surface area contributed by atoms with Crippen molar-refractivity contribution in [1.29, 1.82) is 0 Å². The number of hydrogen-bond donors (Lipinski definition) is 0. The molecule has 1 aliphatic rings. The van der Waals surface area contributed by atoms with Gasteiger partial charge in [0.2, 0.25) is 0 Å². The van der Waals surface area contributed by atoms with Gasteiger partial charge in [-0.25, -0.2) is 0 Å². The molecule has 0 amide bonds. The summed E-state index contributed by atoms with van der Waals surface area (Å²) >= 11 is 0. The number of carbonyl (C=O) groups is 1. The Labute approximate surface area is 85.1 Å². The summed E-state index contributed by atoms with van der Waals surface area (Å²) in [6, 6.07) is 4.35. The van der Waals surface area contributed by atoms with Crippen molar-refractivity contribution in [2.24, 2.45) is 0 Å². The van der Waals surface area contributed by atoms with Crippen LogP contribution in [0.5, 0.6) is 0 Å². The van der Waals surface area contributed by atoms with Crippen molar-refractivity contribution in [1.82, 2.24) is 0 Å². The molecule has 1 aromatic carbocycles. The third-order valence-electron chi connectivity index (χ3n) is 3.15. The lowest BCUT2D eigenvalue weighted by Gasteiger charge is -2.27. The van der Waals surface area contributed by atoms with Gasteiger partial charge in [-0.2, -0.15) is 0 Å². The number of ketones is 1. The Morgan fingerprint density at radius 1 is 1.14 bits per heavy atom. The van der Waals surface area contributed by atoms with Crippen LogP contribution in [-0.4, -0.2) is 5.78 Å². The predicted molar refractivity (Wildman–Crippen MR) is 57.6 cm³/mol. The van der Waals surface area contributed by atoms with Gasteiger partial charge in [0, 0.05) is 12.3 Å².